The van der Waals surface area contributed by atoms with Crippen LogP contribution in [0.4, 0.5) is 11.4 Å². The van der Waals surface area contributed by atoms with Crippen molar-refractivity contribution in [3.8, 4) is 0 Å². The standard InChI is InChI=1S/C22H36N2/c1-2-3-14-18-19(16-10-6-4-7-11-16)15-20(23)21(22(18)24)17-12-8-5-9-13-17/h15-17H,2-14,23-24H2,1H3. The fraction of sp³-hybridized carbons (Fsp3) is 0.727. The maximum Gasteiger partial charge on any atom is 0.0405 e. The molecular formula is C22H36N2. The topological polar surface area (TPSA) is 52.0 Å². The SMILES string of the molecule is CCCCc1c(C2CCCCC2)cc(N)c(C2CCCCC2)c1N. The lowest BCUT2D eigenvalue weighted by molar-refractivity contribution is 0.438. The lowest BCUT2D eigenvalue weighted by atomic mass is 9.76. The van der Waals surface area contributed by atoms with Crippen molar-refractivity contribution in [2.24, 2.45) is 0 Å². The fourth-order valence-electron chi connectivity index (χ4n) is 5.06. The first kappa shape index (κ1) is 17.6. The molecule has 1 aromatic rings. The van der Waals surface area contributed by atoms with Gasteiger partial charge in [-0.2, -0.15) is 0 Å². The van der Waals surface area contributed by atoms with Gasteiger partial charge < -0.3 is 11.5 Å². The molecule has 0 heterocycles. The van der Waals surface area contributed by atoms with E-state index in [1.54, 1.807) is 0 Å². The molecule has 2 nitrogen and oxygen atoms in total. The van der Waals surface area contributed by atoms with Crippen molar-refractivity contribution in [2.45, 2.75) is 102 Å². The van der Waals surface area contributed by atoms with E-state index < -0.39 is 0 Å². The summed E-state index contributed by atoms with van der Waals surface area (Å²) in [5, 5.41) is 0. The fourth-order valence-corrected chi connectivity index (χ4v) is 5.06. The van der Waals surface area contributed by atoms with Crippen molar-refractivity contribution in [1.29, 1.82) is 0 Å². The molecule has 0 spiro atoms. The largest absolute Gasteiger partial charge is 0.398 e. The average molecular weight is 329 g/mol. The highest BCUT2D eigenvalue weighted by Gasteiger charge is 2.26. The molecule has 0 atom stereocenters. The van der Waals surface area contributed by atoms with Crippen LogP contribution in [0.25, 0.3) is 0 Å². The summed E-state index contributed by atoms with van der Waals surface area (Å²) in [5.74, 6) is 1.29. The number of hydrogen-bond donors (Lipinski definition) is 2. The second-order valence-corrected chi connectivity index (χ2v) is 8.13. The van der Waals surface area contributed by atoms with E-state index in [1.165, 1.54) is 93.7 Å². The lowest BCUT2D eigenvalue weighted by Gasteiger charge is -2.30. The second kappa shape index (κ2) is 8.27. The summed E-state index contributed by atoms with van der Waals surface area (Å²) in [6.45, 7) is 2.27. The molecule has 0 bridgehead atoms. The predicted octanol–water partition coefficient (Wildman–Crippen LogP) is 6.29. The van der Waals surface area contributed by atoms with Gasteiger partial charge in [0.1, 0.15) is 0 Å². The first-order valence-corrected chi connectivity index (χ1v) is 10.4. The number of unbranched alkanes of at least 4 members (excludes halogenated alkanes) is 1. The van der Waals surface area contributed by atoms with E-state index in [0.29, 0.717) is 11.8 Å². The molecule has 0 amide bonds. The lowest BCUT2D eigenvalue weighted by Crippen LogP contribution is -2.16. The Morgan fingerprint density at radius 2 is 1.46 bits per heavy atom. The quantitative estimate of drug-likeness (QED) is 0.624. The van der Waals surface area contributed by atoms with E-state index in [2.05, 4.69) is 13.0 Å². The Balaban J connectivity index is 1.98. The maximum absolute atomic E-state index is 6.78. The molecule has 0 aromatic heterocycles. The number of nitrogen functional groups attached to an aromatic ring is 2. The molecule has 0 radical (unpaired) electrons. The molecule has 2 saturated carbocycles. The van der Waals surface area contributed by atoms with Crippen molar-refractivity contribution in [3.63, 3.8) is 0 Å². The summed E-state index contributed by atoms with van der Waals surface area (Å²) < 4.78 is 0. The average Bonchev–Trinajstić information content (AvgIpc) is 2.62. The molecular weight excluding hydrogens is 292 g/mol. The van der Waals surface area contributed by atoms with E-state index in [9.17, 15) is 0 Å². The third-order valence-corrected chi connectivity index (χ3v) is 6.42. The second-order valence-electron chi connectivity index (χ2n) is 8.13. The van der Waals surface area contributed by atoms with Crippen molar-refractivity contribution in [1.82, 2.24) is 0 Å². The number of nitrogens with two attached hydrogens (primary N) is 2. The van der Waals surface area contributed by atoms with Gasteiger partial charge in [-0.25, -0.2) is 0 Å². The number of anilines is 2. The third kappa shape index (κ3) is 3.73. The maximum atomic E-state index is 6.78. The first-order valence-electron chi connectivity index (χ1n) is 10.4. The van der Waals surface area contributed by atoms with Crippen molar-refractivity contribution >= 4 is 11.4 Å². The van der Waals surface area contributed by atoms with Crippen molar-refractivity contribution in [2.75, 3.05) is 11.5 Å². The van der Waals surface area contributed by atoms with Gasteiger partial charge in [-0.05, 0) is 67.6 Å². The number of hydrogen-bond acceptors (Lipinski definition) is 2. The molecule has 1 aromatic carbocycles. The summed E-state index contributed by atoms with van der Waals surface area (Å²) in [6.07, 6.45) is 16.9. The van der Waals surface area contributed by atoms with Crippen LogP contribution in [0.5, 0.6) is 0 Å². The van der Waals surface area contributed by atoms with Crippen LogP contribution in [0.1, 0.15) is 112 Å². The van der Waals surface area contributed by atoms with Gasteiger partial charge in [-0.3, -0.25) is 0 Å². The zero-order valence-corrected chi connectivity index (χ0v) is 15.6. The van der Waals surface area contributed by atoms with E-state index in [-0.39, 0.29) is 0 Å². The summed E-state index contributed by atoms with van der Waals surface area (Å²) in [5.41, 5.74) is 19.7. The highest BCUT2D eigenvalue weighted by atomic mass is 14.6. The van der Waals surface area contributed by atoms with Crippen LogP contribution in [0.15, 0.2) is 6.07 Å². The van der Waals surface area contributed by atoms with Crippen LogP contribution < -0.4 is 11.5 Å². The zero-order chi connectivity index (χ0) is 16.9. The summed E-state index contributed by atoms with van der Waals surface area (Å²) in [7, 11) is 0. The van der Waals surface area contributed by atoms with E-state index in [1.807, 2.05) is 0 Å². The van der Waals surface area contributed by atoms with Crippen LogP contribution in [0.2, 0.25) is 0 Å². The molecule has 4 N–H and O–H groups in total. The highest BCUT2D eigenvalue weighted by molar-refractivity contribution is 5.70. The minimum Gasteiger partial charge on any atom is -0.398 e. The van der Waals surface area contributed by atoms with Crippen molar-refractivity contribution in [3.05, 3.63) is 22.8 Å². The van der Waals surface area contributed by atoms with Crippen LogP contribution in [0, 0.1) is 0 Å². The van der Waals surface area contributed by atoms with Gasteiger partial charge >= 0.3 is 0 Å². The molecule has 2 fully saturated rings. The molecule has 134 valence electrons. The monoisotopic (exact) mass is 328 g/mol. The summed E-state index contributed by atoms with van der Waals surface area (Å²) in [6, 6.07) is 2.33. The molecule has 2 aliphatic rings. The molecule has 2 heteroatoms. The molecule has 0 saturated heterocycles. The zero-order valence-electron chi connectivity index (χ0n) is 15.6. The van der Waals surface area contributed by atoms with Gasteiger partial charge in [0.25, 0.3) is 0 Å². The Hall–Kier alpha value is -1.18. The number of rotatable bonds is 5. The summed E-state index contributed by atoms with van der Waals surface area (Å²) in [4.78, 5) is 0. The Bertz CT molecular complexity index is 537. The van der Waals surface area contributed by atoms with Crippen molar-refractivity contribution < 1.29 is 0 Å². The van der Waals surface area contributed by atoms with Crippen LogP contribution in [0.3, 0.4) is 0 Å². The van der Waals surface area contributed by atoms with Gasteiger partial charge in [0.15, 0.2) is 0 Å². The third-order valence-electron chi connectivity index (χ3n) is 6.42. The Morgan fingerprint density at radius 1 is 0.875 bits per heavy atom. The minimum atomic E-state index is 0.597. The van der Waals surface area contributed by atoms with E-state index in [0.717, 1.165) is 17.8 Å². The molecule has 3 rings (SSSR count). The normalized spacial score (nSPS) is 20.4. The smallest absolute Gasteiger partial charge is 0.0405 e. The van der Waals surface area contributed by atoms with Gasteiger partial charge in [-0.1, -0.05) is 51.9 Å². The van der Waals surface area contributed by atoms with Gasteiger partial charge in [0, 0.05) is 16.9 Å². The highest BCUT2D eigenvalue weighted by Crippen LogP contribution is 2.45. The van der Waals surface area contributed by atoms with Crippen LogP contribution in [-0.2, 0) is 6.42 Å². The van der Waals surface area contributed by atoms with Crippen LogP contribution >= 0.6 is 0 Å². The predicted molar refractivity (Wildman–Crippen MR) is 106 cm³/mol. The Labute approximate surface area is 148 Å². The van der Waals surface area contributed by atoms with E-state index >= 15 is 0 Å². The molecule has 0 unspecified atom stereocenters. The molecule has 2 aliphatic carbocycles. The first-order chi connectivity index (χ1) is 11.7. The molecule has 0 aliphatic heterocycles. The van der Waals surface area contributed by atoms with E-state index in [4.69, 9.17) is 11.5 Å². The van der Waals surface area contributed by atoms with Gasteiger partial charge in [0.2, 0.25) is 0 Å². The number of benzene rings is 1. The Kier molecular flexibility index (Phi) is 6.08. The summed E-state index contributed by atoms with van der Waals surface area (Å²) >= 11 is 0. The molecule has 24 heavy (non-hydrogen) atoms. The van der Waals surface area contributed by atoms with Gasteiger partial charge in [0.05, 0.1) is 0 Å². The Morgan fingerprint density at radius 3 is 2.04 bits per heavy atom. The minimum absolute atomic E-state index is 0.597. The van der Waals surface area contributed by atoms with Crippen LogP contribution in [-0.4, -0.2) is 0 Å². The van der Waals surface area contributed by atoms with Gasteiger partial charge in [-0.15, -0.1) is 0 Å².